The Morgan fingerprint density at radius 3 is 2.60 bits per heavy atom. The predicted octanol–water partition coefficient (Wildman–Crippen LogP) is -2.06. The molecule has 0 aromatic rings. The van der Waals surface area contributed by atoms with E-state index in [0.717, 1.165) is 13.1 Å². The van der Waals surface area contributed by atoms with Crippen LogP contribution in [0.2, 0.25) is 0 Å². The highest BCUT2D eigenvalue weighted by Crippen LogP contribution is 2.62. The van der Waals surface area contributed by atoms with Gasteiger partial charge in [-0.25, -0.2) is 0 Å². The molecule has 4 aliphatic rings. The molecule has 4 saturated heterocycles. The monoisotopic (exact) mass is 424 g/mol. The normalized spacial score (nSPS) is 38.0. The Kier molecular flexibility index (Phi) is 5.78. The second-order valence-electron chi connectivity index (χ2n) is 8.84. The van der Waals surface area contributed by atoms with Crippen LogP contribution >= 0.6 is 0 Å². The highest BCUT2D eigenvalue weighted by atomic mass is 16.5. The fourth-order valence-electron chi connectivity index (χ4n) is 5.89. The predicted molar refractivity (Wildman–Crippen MR) is 105 cm³/mol. The van der Waals surface area contributed by atoms with E-state index < -0.39 is 29.1 Å². The van der Waals surface area contributed by atoms with Crippen molar-refractivity contribution in [3.8, 4) is 0 Å². The Balaban J connectivity index is 1.54. The van der Waals surface area contributed by atoms with E-state index in [-0.39, 0.29) is 30.9 Å². The smallest absolute Gasteiger partial charge is 0.245 e. The number of nitrogens with zero attached hydrogens (tertiary/aromatic N) is 2. The van der Waals surface area contributed by atoms with E-state index in [0.29, 0.717) is 39.1 Å². The number of ether oxygens (including phenoxy) is 2. The van der Waals surface area contributed by atoms with Crippen LogP contribution in [0.15, 0.2) is 0 Å². The van der Waals surface area contributed by atoms with E-state index in [9.17, 15) is 19.5 Å². The number of amides is 3. The van der Waals surface area contributed by atoms with E-state index >= 15 is 0 Å². The lowest BCUT2D eigenvalue weighted by molar-refractivity contribution is -0.146. The fourth-order valence-corrected chi connectivity index (χ4v) is 5.89. The van der Waals surface area contributed by atoms with Crippen LogP contribution in [0.4, 0.5) is 0 Å². The van der Waals surface area contributed by atoms with Crippen molar-refractivity contribution in [2.24, 2.45) is 11.8 Å². The molecule has 0 saturated carbocycles. The van der Waals surface area contributed by atoms with E-state index in [2.05, 4.69) is 15.5 Å². The molecule has 3 amide bonds. The number of rotatable bonds is 7. The second kappa shape index (κ2) is 8.07. The summed E-state index contributed by atoms with van der Waals surface area (Å²) in [4.78, 5) is 42.9. The van der Waals surface area contributed by atoms with Gasteiger partial charge < -0.3 is 30.1 Å². The maximum absolute atomic E-state index is 13.3. The summed E-state index contributed by atoms with van der Waals surface area (Å²) in [7, 11) is 1.55. The Labute approximate surface area is 176 Å². The number of morpholine rings is 1. The molecule has 3 N–H and O–H groups in total. The maximum atomic E-state index is 13.3. The molecule has 10 heteroatoms. The Bertz CT molecular complexity index is 713. The van der Waals surface area contributed by atoms with Gasteiger partial charge in [0.1, 0.15) is 11.6 Å². The van der Waals surface area contributed by atoms with Crippen LogP contribution in [-0.4, -0.2) is 109 Å². The molecule has 0 radical (unpaired) electrons. The highest BCUT2D eigenvalue weighted by Gasteiger charge is 2.77. The van der Waals surface area contributed by atoms with Gasteiger partial charge in [0.05, 0.1) is 37.3 Å². The summed E-state index contributed by atoms with van der Waals surface area (Å²) in [5.41, 5.74) is -1.79. The number of hydrogen-bond acceptors (Lipinski definition) is 7. The van der Waals surface area contributed by atoms with Gasteiger partial charge in [0.2, 0.25) is 17.7 Å². The van der Waals surface area contributed by atoms with Crippen molar-refractivity contribution >= 4 is 17.7 Å². The van der Waals surface area contributed by atoms with Crippen LogP contribution in [0.1, 0.15) is 19.8 Å². The van der Waals surface area contributed by atoms with E-state index in [4.69, 9.17) is 9.47 Å². The molecule has 4 heterocycles. The quantitative estimate of drug-likeness (QED) is 0.430. The van der Waals surface area contributed by atoms with Crippen molar-refractivity contribution in [1.29, 1.82) is 0 Å². The summed E-state index contributed by atoms with van der Waals surface area (Å²) >= 11 is 0. The van der Waals surface area contributed by atoms with Crippen LogP contribution in [0.5, 0.6) is 0 Å². The van der Waals surface area contributed by atoms with Crippen LogP contribution in [0, 0.1) is 11.8 Å². The highest BCUT2D eigenvalue weighted by molar-refractivity contribution is 5.99. The molecule has 5 atom stereocenters. The summed E-state index contributed by atoms with van der Waals surface area (Å²) in [6, 6.07) is -0.844. The number of carbonyl (C=O) groups excluding carboxylic acids is 3. The van der Waals surface area contributed by atoms with Gasteiger partial charge in [-0.1, -0.05) is 0 Å². The first kappa shape index (κ1) is 21.5. The zero-order chi connectivity index (χ0) is 21.5. The molecule has 4 fully saturated rings. The number of carbonyl (C=O) groups is 3. The third kappa shape index (κ3) is 3.21. The van der Waals surface area contributed by atoms with Crippen molar-refractivity contribution in [1.82, 2.24) is 20.4 Å². The van der Waals surface area contributed by atoms with Gasteiger partial charge in [-0.15, -0.1) is 0 Å². The lowest BCUT2D eigenvalue weighted by Gasteiger charge is -2.33. The number of fused-ring (bicyclic) bond motifs is 1. The number of hydrogen-bond donors (Lipinski definition) is 3. The standard InChI is InChI=1S/C20H32N4O6/c1-19-3-4-20(30-19)14(13(19)16(26)21-2)18(28)24(7-10-25)15(20)17(27)22-5-6-23-8-11-29-12-9-23/h13-15,25H,3-12H2,1-2H3,(H,21,26)(H,22,27)/t13-,14-,15?,19+,20?/m0/s1. The molecule has 2 bridgehead atoms. The van der Waals surface area contributed by atoms with Crippen molar-refractivity contribution < 1.29 is 29.0 Å². The van der Waals surface area contributed by atoms with Crippen LogP contribution < -0.4 is 10.6 Å². The Hall–Kier alpha value is -1.75. The molecular formula is C20H32N4O6. The summed E-state index contributed by atoms with van der Waals surface area (Å²) in [5, 5.41) is 15.1. The molecule has 1 spiro atoms. The third-order valence-corrected chi connectivity index (χ3v) is 7.23. The van der Waals surface area contributed by atoms with Crippen molar-refractivity contribution in [3.05, 3.63) is 0 Å². The molecular weight excluding hydrogens is 392 g/mol. The summed E-state index contributed by atoms with van der Waals surface area (Å²) in [6.07, 6.45) is 1.15. The van der Waals surface area contributed by atoms with Crippen LogP contribution in [0.3, 0.4) is 0 Å². The van der Waals surface area contributed by atoms with Crippen molar-refractivity contribution in [3.63, 3.8) is 0 Å². The number of β-amino-alcohol motifs (C(OH)–C–C–N with tert-alkyl or cyclic N) is 1. The number of nitrogens with one attached hydrogen (secondary N) is 2. The minimum atomic E-state index is -1.03. The summed E-state index contributed by atoms with van der Waals surface area (Å²) < 4.78 is 11.7. The number of likely N-dealkylation sites (tertiary alicyclic amines) is 1. The Morgan fingerprint density at radius 1 is 1.20 bits per heavy atom. The first-order chi connectivity index (χ1) is 14.4. The van der Waals surface area contributed by atoms with Crippen LogP contribution in [-0.2, 0) is 23.9 Å². The third-order valence-electron chi connectivity index (χ3n) is 7.23. The van der Waals surface area contributed by atoms with Crippen molar-refractivity contribution in [2.45, 2.75) is 37.0 Å². The zero-order valence-corrected chi connectivity index (χ0v) is 17.7. The topological polar surface area (TPSA) is 120 Å². The average molecular weight is 424 g/mol. The second-order valence-corrected chi connectivity index (χ2v) is 8.84. The van der Waals surface area contributed by atoms with Gasteiger partial charge in [0.15, 0.2) is 0 Å². The van der Waals surface area contributed by atoms with Gasteiger partial charge in [0.25, 0.3) is 0 Å². The molecule has 0 aromatic heterocycles. The zero-order valence-electron chi connectivity index (χ0n) is 17.7. The molecule has 0 aromatic carbocycles. The maximum Gasteiger partial charge on any atom is 0.245 e. The number of aliphatic hydroxyl groups excluding tert-OH is 1. The summed E-state index contributed by atoms with van der Waals surface area (Å²) in [6.45, 7) is 5.83. The lowest BCUT2D eigenvalue weighted by atomic mass is 9.66. The first-order valence-corrected chi connectivity index (χ1v) is 10.8. The van der Waals surface area contributed by atoms with Gasteiger partial charge >= 0.3 is 0 Å². The van der Waals surface area contributed by atoms with Gasteiger partial charge in [0, 0.05) is 39.8 Å². The van der Waals surface area contributed by atoms with Crippen LogP contribution in [0.25, 0.3) is 0 Å². The molecule has 168 valence electrons. The largest absolute Gasteiger partial charge is 0.395 e. The average Bonchev–Trinajstić information content (AvgIpc) is 3.30. The molecule has 10 nitrogen and oxygen atoms in total. The van der Waals surface area contributed by atoms with Gasteiger partial charge in [-0.05, 0) is 19.8 Å². The van der Waals surface area contributed by atoms with Gasteiger partial charge in [-0.2, -0.15) is 0 Å². The SMILES string of the molecule is CNC(=O)[C@@H]1[C@H]2C(=O)N(CCO)C(C(=O)NCCN3CCOCC3)C23CC[C@@]1(C)O3. The fraction of sp³-hybridized carbons (Fsp3) is 0.850. The summed E-state index contributed by atoms with van der Waals surface area (Å²) in [5.74, 6) is -2.16. The van der Waals surface area contributed by atoms with E-state index in [1.807, 2.05) is 6.92 Å². The first-order valence-electron chi connectivity index (χ1n) is 10.8. The minimum Gasteiger partial charge on any atom is -0.395 e. The number of aliphatic hydroxyl groups is 1. The molecule has 0 aliphatic carbocycles. The van der Waals surface area contributed by atoms with Gasteiger partial charge in [-0.3, -0.25) is 19.3 Å². The van der Waals surface area contributed by atoms with Crippen molar-refractivity contribution in [2.75, 3.05) is 59.6 Å². The minimum absolute atomic E-state index is 0.0408. The van der Waals surface area contributed by atoms with E-state index in [1.165, 1.54) is 4.90 Å². The molecule has 4 aliphatic heterocycles. The molecule has 4 rings (SSSR count). The molecule has 2 unspecified atom stereocenters. The van der Waals surface area contributed by atoms with E-state index in [1.54, 1.807) is 7.05 Å². The Morgan fingerprint density at radius 2 is 1.93 bits per heavy atom. The molecule has 30 heavy (non-hydrogen) atoms. The lowest BCUT2D eigenvalue weighted by Crippen LogP contribution is -2.56.